The zero-order chi connectivity index (χ0) is 19.6. The first-order valence-electron chi connectivity index (χ1n) is 8.37. The maximum absolute atomic E-state index is 12.9. The number of carbonyl (C=O) groups excluding carboxylic acids is 3. The van der Waals surface area contributed by atoms with Gasteiger partial charge in [0.15, 0.2) is 0 Å². The van der Waals surface area contributed by atoms with Crippen molar-refractivity contribution in [3.63, 3.8) is 0 Å². The van der Waals surface area contributed by atoms with E-state index in [4.69, 9.17) is 16.3 Å². The van der Waals surface area contributed by atoms with Crippen LogP contribution in [0.15, 0.2) is 42.5 Å². The van der Waals surface area contributed by atoms with Crippen LogP contribution in [0.1, 0.15) is 32.7 Å². The topological polar surface area (TPSA) is 63.7 Å². The molecule has 0 radical (unpaired) electrons. The zero-order valence-corrected chi connectivity index (χ0v) is 16.5. The molecule has 0 aliphatic carbocycles. The molecule has 0 saturated carbocycles. The number of hydrogen-bond donors (Lipinski definition) is 0. The summed E-state index contributed by atoms with van der Waals surface area (Å²) in [6, 6.07) is 10.5. The second-order valence-electron chi connectivity index (χ2n) is 6.15. The van der Waals surface area contributed by atoms with Crippen LogP contribution in [-0.4, -0.2) is 40.7 Å². The monoisotopic (exact) mass is 403 g/mol. The normalized spacial score (nSPS) is 14.3. The lowest BCUT2D eigenvalue weighted by atomic mass is 10.1. The van der Waals surface area contributed by atoms with Gasteiger partial charge in [-0.15, -0.1) is 0 Å². The lowest BCUT2D eigenvalue weighted by Crippen LogP contribution is -2.47. The largest absolute Gasteiger partial charge is 0.425 e. The van der Waals surface area contributed by atoms with E-state index >= 15 is 0 Å². The Morgan fingerprint density at radius 3 is 2.33 bits per heavy atom. The molecule has 2 aromatic carbocycles. The van der Waals surface area contributed by atoms with Crippen LogP contribution in [0.2, 0.25) is 5.02 Å². The van der Waals surface area contributed by atoms with Crippen molar-refractivity contribution >= 4 is 41.1 Å². The van der Waals surface area contributed by atoms with Gasteiger partial charge in [-0.1, -0.05) is 23.7 Å². The highest BCUT2D eigenvalue weighted by Crippen LogP contribution is 2.28. The van der Waals surface area contributed by atoms with Crippen molar-refractivity contribution in [3.8, 4) is 5.75 Å². The molecule has 1 atom stereocenters. The molecule has 7 heteroatoms. The first kappa shape index (κ1) is 19.5. The molecule has 1 heterocycles. The van der Waals surface area contributed by atoms with E-state index in [2.05, 4.69) is 0 Å². The quantitative estimate of drug-likeness (QED) is 0.415. The van der Waals surface area contributed by atoms with Gasteiger partial charge in [0.2, 0.25) is 0 Å². The van der Waals surface area contributed by atoms with E-state index < -0.39 is 23.8 Å². The molecule has 3 rings (SSSR count). The summed E-state index contributed by atoms with van der Waals surface area (Å²) in [5, 5.41) is 0.534. The Bertz CT molecular complexity index is 880. The number of aryl methyl sites for hydroxylation is 1. The van der Waals surface area contributed by atoms with E-state index in [9.17, 15) is 14.4 Å². The summed E-state index contributed by atoms with van der Waals surface area (Å²) >= 11 is 7.47. The fourth-order valence-corrected chi connectivity index (χ4v) is 3.66. The second kappa shape index (κ2) is 8.15. The van der Waals surface area contributed by atoms with Crippen molar-refractivity contribution in [1.29, 1.82) is 0 Å². The van der Waals surface area contributed by atoms with Crippen LogP contribution < -0.4 is 4.74 Å². The number of fused-ring (bicyclic) bond motifs is 1. The highest BCUT2D eigenvalue weighted by Gasteiger charge is 2.43. The zero-order valence-electron chi connectivity index (χ0n) is 14.9. The van der Waals surface area contributed by atoms with Gasteiger partial charge >= 0.3 is 5.97 Å². The smallest absolute Gasteiger partial charge is 0.334 e. The van der Waals surface area contributed by atoms with Crippen LogP contribution in [0, 0.1) is 6.92 Å². The van der Waals surface area contributed by atoms with Crippen molar-refractivity contribution in [2.45, 2.75) is 19.4 Å². The van der Waals surface area contributed by atoms with Gasteiger partial charge in [-0.25, -0.2) is 4.79 Å². The van der Waals surface area contributed by atoms with Crippen molar-refractivity contribution in [2.75, 3.05) is 12.0 Å². The fraction of sp³-hybridized carbons (Fsp3) is 0.250. The van der Waals surface area contributed by atoms with Gasteiger partial charge in [0.25, 0.3) is 11.8 Å². The van der Waals surface area contributed by atoms with E-state index in [0.29, 0.717) is 39.6 Å². The number of thioether (sulfide) groups is 1. The second-order valence-corrected chi connectivity index (χ2v) is 7.58. The molecule has 0 saturated heterocycles. The first-order chi connectivity index (χ1) is 12.9. The van der Waals surface area contributed by atoms with Gasteiger partial charge in [-0.2, -0.15) is 11.8 Å². The molecule has 0 fully saturated rings. The molecule has 0 bridgehead atoms. The average molecular weight is 404 g/mol. The molecule has 0 spiro atoms. The molecule has 0 N–H and O–H groups in total. The summed E-state index contributed by atoms with van der Waals surface area (Å²) in [5.74, 6) is -0.607. The third kappa shape index (κ3) is 3.87. The summed E-state index contributed by atoms with van der Waals surface area (Å²) in [4.78, 5) is 39.4. The molecule has 27 heavy (non-hydrogen) atoms. The maximum Gasteiger partial charge on any atom is 0.334 e. The van der Waals surface area contributed by atoms with Crippen LogP contribution in [0.25, 0.3) is 0 Å². The predicted molar refractivity (Wildman–Crippen MR) is 106 cm³/mol. The number of carbonyl (C=O) groups is 3. The summed E-state index contributed by atoms with van der Waals surface area (Å²) in [6.07, 6.45) is 2.21. The summed E-state index contributed by atoms with van der Waals surface area (Å²) < 4.78 is 5.51. The Labute approximate surface area is 166 Å². The molecular weight excluding hydrogens is 386 g/mol. The SMILES string of the molecule is CSCC[C@@H](C(=O)Oc1ccc(Cl)cc1C)N1C(=O)c2ccccc2C1=O. The van der Waals surface area contributed by atoms with E-state index in [1.54, 1.807) is 49.4 Å². The Balaban J connectivity index is 1.89. The minimum absolute atomic E-state index is 0.312. The molecule has 0 unspecified atom stereocenters. The van der Waals surface area contributed by atoms with Crippen LogP contribution >= 0.6 is 23.4 Å². The third-order valence-electron chi connectivity index (χ3n) is 4.35. The number of nitrogens with zero attached hydrogens (tertiary/aromatic N) is 1. The highest BCUT2D eigenvalue weighted by molar-refractivity contribution is 7.98. The molecule has 1 aliphatic rings. The van der Waals surface area contributed by atoms with Crippen molar-refractivity contribution < 1.29 is 19.1 Å². The van der Waals surface area contributed by atoms with Gasteiger partial charge in [0.05, 0.1) is 11.1 Å². The Morgan fingerprint density at radius 2 is 1.78 bits per heavy atom. The molecule has 2 amide bonds. The number of imide groups is 1. The van der Waals surface area contributed by atoms with Crippen molar-refractivity contribution in [1.82, 2.24) is 4.90 Å². The number of benzene rings is 2. The Hall–Kier alpha value is -2.31. The number of amides is 2. The van der Waals surface area contributed by atoms with Crippen LogP contribution in [0.3, 0.4) is 0 Å². The summed E-state index contributed by atoms with van der Waals surface area (Å²) in [5.41, 5.74) is 1.32. The van der Waals surface area contributed by atoms with Gasteiger partial charge in [0.1, 0.15) is 11.8 Å². The minimum atomic E-state index is -0.986. The number of halogens is 1. The standard InChI is InChI=1S/C20H18ClNO4S/c1-12-11-13(21)7-8-17(12)26-20(25)16(9-10-27-2)22-18(23)14-5-3-4-6-15(14)19(22)24/h3-8,11,16H,9-10H2,1-2H3/t16-/m0/s1. The lowest BCUT2D eigenvalue weighted by molar-refractivity contribution is -0.138. The van der Waals surface area contributed by atoms with Gasteiger partial charge in [0, 0.05) is 5.02 Å². The Morgan fingerprint density at radius 1 is 1.15 bits per heavy atom. The number of ether oxygens (including phenoxy) is 1. The number of esters is 1. The van der Waals surface area contributed by atoms with E-state index in [-0.39, 0.29) is 0 Å². The van der Waals surface area contributed by atoms with Crippen molar-refractivity contribution in [2.24, 2.45) is 0 Å². The van der Waals surface area contributed by atoms with E-state index in [0.717, 1.165) is 4.90 Å². The molecule has 140 valence electrons. The van der Waals surface area contributed by atoms with E-state index in [1.165, 1.54) is 11.8 Å². The molecule has 0 aromatic heterocycles. The summed E-state index contributed by atoms with van der Waals surface area (Å²) in [6.45, 7) is 1.77. The third-order valence-corrected chi connectivity index (χ3v) is 5.23. The average Bonchev–Trinajstić information content (AvgIpc) is 2.90. The van der Waals surface area contributed by atoms with Crippen molar-refractivity contribution in [3.05, 3.63) is 64.2 Å². The van der Waals surface area contributed by atoms with Crippen LogP contribution in [0.5, 0.6) is 5.75 Å². The van der Waals surface area contributed by atoms with Gasteiger partial charge in [-0.3, -0.25) is 14.5 Å². The summed E-state index contributed by atoms with van der Waals surface area (Å²) in [7, 11) is 0. The lowest BCUT2D eigenvalue weighted by Gasteiger charge is -2.24. The molecule has 5 nitrogen and oxygen atoms in total. The van der Waals surface area contributed by atoms with Crippen LogP contribution in [0.4, 0.5) is 0 Å². The predicted octanol–water partition coefficient (Wildman–Crippen LogP) is 3.97. The number of rotatable bonds is 6. The van der Waals surface area contributed by atoms with Gasteiger partial charge in [-0.05, 0) is 61.2 Å². The Kier molecular flexibility index (Phi) is 5.87. The number of hydrogen-bond acceptors (Lipinski definition) is 5. The molecule has 2 aromatic rings. The van der Waals surface area contributed by atoms with E-state index in [1.807, 2.05) is 6.26 Å². The fourth-order valence-electron chi connectivity index (χ4n) is 2.98. The maximum atomic E-state index is 12.9. The molecular formula is C20H18ClNO4S. The van der Waals surface area contributed by atoms with Crippen LogP contribution in [-0.2, 0) is 4.79 Å². The highest BCUT2D eigenvalue weighted by atomic mass is 35.5. The van der Waals surface area contributed by atoms with Gasteiger partial charge < -0.3 is 4.74 Å². The first-order valence-corrected chi connectivity index (χ1v) is 10.1. The minimum Gasteiger partial charge on any atom is -0.425 e. The molecule has 1 aliphatic heterocycles.